The molecule has 1 N–H and O–H groups in total. The second-order valence-electron chi connectivity index (χ2n) is 4.00. The second-order valence-corrected chi connectivity index (χ2v) is 4.94. The average molecular weight is 281 g/mol. The van der Waals surface area contributed by atoms with Gasteiger partial charge in [0, 0.05) is 12.8 Å². The molecule has 2 aromatic rings. The number of benzene rings is 1. The van der Waals surface area contributed by atoms with Crippen LogP contribution in [0.25, 0.3) is 0 Å². The van der Waals surface area contributed by atoms with Crippen LogP contribution in [0.3, 0.4) is 0 Å². The number of carbonyl (C=O) groups is 1. The second kappa shape index (κ2) is 5.40. The summed E-state index contributed by atoms with van der Waals surface area (Å²) in [4.78, 5) is 10.7. The van der Waals surface area contributed by atoms with Crippen molar-refractivity contribution in [3.8, 4) is 0 Å². The van der Waals surface area contributed by atoms with Gasteiger partial charge in [-0.25, -0.2) is 9.18 Å². The highest BCUT2D eigenvalue weighted by atomic mass is 32.2. The number of thioether (sulfide) groups is 1. The van der Waals surface area contributed by atoms with Crippen LogP contribution >= 0.6 is 11.8 Å². The van der Waals surface area contributed by atoms with E-state index in [1.165, 1.54) is 23.9 Å². The van der Waals surface area contributed by atoms with Gasteiger partial charge in [0.25, 0.3) is 0 Å². The minimum Gasteiger partial charge on any atom is -0.478 e. The third-order valence-electron chi connectivity index (χ3n) is 2.68. The summed E-state index contributed by atoms with van der Waals surface area (Å²) < 4.78 is 15.3. The Morgan fingerprint density at radius 1 is 1.47 bits per heavy atom. The summed E-state index contributed by atoms with van der Waals surface area (Å²) in [7, 11) is 1.85. The van der Waals surface area contributed by atoms with E-state index in [2.05, 4.69) is 10.2 Å². The largest absolute Gasteiger partial charge is 0.478 e. The van der Waals surface area contributed by atoms with Crippen molar-refractivity contribution in [1.82, 2.24) is 14.8 Å². The van der Waals surface area contributed by atoms with Gasteiger partial charge in [-0.15, -0.1) is 10.2 Å². The molecule has 0 bridgehead atoms. The van der Waals surface area contributed by atoms with Gasteiger partial charge in [-0.2, -0.15) is 0 Å². The van der Waals surface area contributed by atoms with Crippen LogP contribution in [-0.4, -0.2) is 25.8 Å². The Hall–Kier alpha value is -1.89. The van der Waals surface area contributed by atoms with E-state index in [4.69, 9.17) is 5.11 Å². The zero-order chi connectivity index (χ0) is 14.0. The highest BCUT2D eigenvalue weighted by molar-refractivity contribution is 7.98. The van der Waals surface area contributed by atoms with Gasteiger partial charge in [0.15, 0.2) is 5.16 Å². The fourth-order valence-electron chi connectivity index (χ4n) is 1.48. The van der Waals surface area contributed by atoms with Crippen LogP contribution < -0.4 is 0 Å². The summed E-state index contributed by atoms with van der Waals surface area (Å²) in [5.74, 6) is -0.682. The lowest BCUT2D eigenvalue weighted by atomic mass is 10.1. The Labute approximate surface area is 113 Å². The predicted molar refractivity (Wildman–Crippen MR) is 68.7 cm³/mol. The highest BCUT2D eigenvalue weighted by Gasteiger charge is 2.11. The van der Waals surface area contributed by atoms with E-state index >= 15 is 0 Å². The Bertz CT molecular complexity index is 627. The Morgan fingerprint density at radius 3 is 2.74 bits per heavy atom. The average Bonchev–Trinajstić information content (AvgIpc) is 2.67. The summed E-state index contributed by atoms with van der Waals surface area (Å²) in [6, 6.07) is 4.11. The maximum absolute atomic E-state index is 13.5. The smallest absolute Gasteiger partial charge is 0.338 e. The first-order valence-corrected chi connectivity index (χ1v) is 6.48. The quantitative estimate of drug-likeness (QED) is 0.871. The summed E-state index contributed by atoms with van der Waals surface area (Å²) in [6.45, 7) is 1.85. The lowest BCUT2D eigenvalue weighted by Gasteiger charge is -2.03. The number of aromatic nitrogens is 3. The van der Waals surface area contributed by atoms with E-state index in [1.807, 2.05) is 18.5 Å². The summed E-state index contributed by atoms with van der Waals surface area (Å²) in [5, 5.41) is 17.4. The molecule has 7 heteroatoms. The molecule has 0 aliphatic rings. The molecule has 0 unspecified atom stereocenters. The molecule has 19 heavy (non-hydrogen) atoms. The van der Waals surface area contributed by atoms with Gasteiger partial charge in [-0.1, -0.05) is 17.8 Å². The Balaban J connectivity index is 2.10. The molecule has 0 fully saturated rings. The van der Waals surface area contributed by atoms with Gasteiger partial charge in [0.05, 0.1) is 5.56 Å². The molecule has 1 heterocycles. The van der Waals surface area contributed by atoms with Crippen molar-refractivity contribution in [1.29, 1.82) is 0 Å². The number of aromatic carboxylic acids is 1. The minimum absolute atomic E-state index is 0.316. The molecule has 2 rings (SSSR count). The number of carboxylic acids is 1. The zero-order valence-corrected chi connectivity index (χ0v) is 11.2. The van der Waals surface area contributed by atoms with Crippen molar-refractivity contribution in [3.63, 3.8) is 0 Å². The summed E-state index contributed by atoms with van der Waals surface area (Å²) in [5.41, 5.74) is 0.386. The minimum atomic E-state index is -1.26. The molecular weight excluding hydrogens is 269 g/mol. The van der Waals surface area contributed by atoms with E-state index in [0.717, 1.165) is 11.0 Å². The first-order valence-electron chi connectivity index (χ1n) is 5.49. The van der Waals surface area contributed by atoms with Crippen LogP contribution in [-0.2, 0) is 12.8 Å². The maximum atomic E-state index is 13.5. The number of hydrogen-bond acceptors (Lipinski definition) is 4. The van der Waals surface area contributed by atoms with Crippen molar-refractivity contribution in [2.24, 2.45) is 7.05 Å². The van der Waals surface area contributed by atoms with Crippen molar-refractivity contribution in [2.75, 3.05) is 0 Å². The van der Waals surface area contributed by atoms with Gasteiger partial charge < -0.3 is 9.67 Å². The molecule has 1 aromatic carbocycles. The van der Waals surface area contributed by atoms with E-state index in [0.29, 0.717) is 11.3 Å². The fourth-order valence-corrected chi connectivity index (χ4v) is 2.38. The molecule has 0 spiro atoms. The number of hydrogen-bond donors (Lipinski definition) is 1. The van der Waals surface area contributed by atoms with Crippen LogP contribution in [0.1, 0.15) is 21.7 Å². The summed E-state index contributed by atoms with van der Waals surface area (Å²) in [6.07, 6.45) is 0. The van der Waals surface area contributed by atoms with Crippen molar-refractivity contribution in [3.05, 3.63) is 41.0 Å². The van der Waals surface area contributed by atoms with Crippen LogP contribution in [0.2, 0.25) is 0 Å². The first-order chi connectivity index (χ1) is 8.99. The number of rotatable bonds is 4. The Morgan fingerprint density at radius 2 is 2.21 bits per heavy atom. The van der Waals surface area contributed by atoms with E-state index in [-0.39, 0.29) is 5.56 Å². The van der Waals surface area contributed by atoms with Crippen LogP contribution in [0, 0.1) is 12.7 Å². The van der Waals surface area contributed by atoms with E-state index in [1.54, 1.807) is 6.07 Å². The first kappa shape index (κ1) is 13.5. The van der Waals surface area contributed by atoms with Gasteiger partial charge in [0.1, 0.15) is 11.6 Å². The lowest BCUT2D eigenvalue weighted by molar-refractivity contribution is 0.0692. The molecular formula is C12H12FN3O2S. The third kappa shape index (κ3) is 2.93. The monoisotopic (exact) mass is 281 g/mol. The molecule has 0 aliphatic heterocycles. The third-order valence-corrected chi connectivity index (χ3v) is 3.78. The molecule has 0 aliphatic carbocycles. The van der Waals surface area contributed by atoms with Gasteiger partial charge in [-0.3, -0.25) is 0 Å². The molecule has 1 aromatic heterocycles. The number of nitrogens with zero attached hydrogens (tertiary/aromatic N) is 3. The number of carboxylic acid groups (broad SMARTS) is 1. The number of halogens is 1. The van der Waals surface area contributed by atoms with Crippen molar-refractivity contribution in [2.45, 2.75) is 17.8 Å². The Kier molecular flexibility index (Phi) is 3.84. The lowest BCUT2D eigenvalue weighted by Crippen LogP contribution is -2.01. The van der Waals surface area contributed by atoms with Gasteiger partial charge >= 0.3 is 5.97 Å². The zero-order valence-electron chi connectivity index (χ0n) is 10.4. The predicted octanol–water partition coefficient (Wildman–Crippen LogP) is 2.25. The van der Waals surface area contributed by atoms with Crippen molar-refractivity contribution >= 4 is 17.7 Å². The summed E-state index contributed by atoms with van der Waals surface area (Å²) >= 11 is 1.42. The molecule has 0 saturated carbocycles. The molecule has 5 nitrogen and oxygen atoms in total. The standard InChI is InChI=1S/C12H12FN3O2S/c1-7-14-15-12(16(7)2)19-6-8-3-4-9(11(17)18)10(13)5-8/h3-5H,6H2,1-2H3,(H,17,18). The molecule has 0 radical (unpaired) electrons. The van der Waals surface area contributed by atoms with Gasteiger partial charge in [-0.05, 0) is 24.6 Å². The van der Waals surface area contributed by atoms with Crippen LogP contribution in [0.15, 0.2) is 23.4 Å². The molecule has 0 atom stereocenters. The molecule has 100 valence electrons. The normalized spacial score (nSPS) is 10.7. The molecule has 0 saturated heterocycles. The molecule has 0 amide bonds. The van der Waals surface area contributed by atoms with Gasteiger partial charge in [0.2, 0.25) is 0 Å². The van der Waals surface area contributed by atoms with Crippen LogP contribution in [0.5, 0.6) is 0 Å². The SMILES string of the molecule is Cc1nnc(SCc2ccc(C(=O)O)c(F)c2)n1C. The van der Waals surface area contributed by atoms with E-state index in [9.17, 15) is 9.18 Å². The van der Waals surface area contributed by atoms with E-state index < -0.39 is 11.8 Å². The maximum Gasteiger partial charge on any atom is 0.338 e. The van der Waals surface area contributed by atoms with Crippen molar-refractivity contribution < 1.29 is 14.3 Å². The highest BCUT2D eigenvalue weighted by Crippen LogP contribution is 2.22. The van der Waals surface area contributed by atoms with Crippen LogP contribution in [0.4, 0.5) is 4.39 Å². The topological polar surface area (TPSA) is 68.0 Å². The number of aryl methyl sites for hydroxylation is 1. The fraction of sp³-hybridized carbons (Fsp3) is 0.250.